The molecule has 0 aliphatic heterocycles. The summed E-state index contributed by atoms with van der Waals surface area (Å²) in [7, 11) is -1.94. The van der Waals surface area contributed by atoms with Crippen LogP contribution in [0, 0.1) is 6.92 Å². The van der Waals surface area contributed by atoms with Crippen LogP contribution in [0.2, 0.25) is 0 Å². The Kier molecular flexibility index (Phi) is 7.88. The van der Waals surface area contributed by atoms with Crippen molar-refractivity contribution in [3.8, 4) is 0 Å². The first-order valence-electron chi connectivity index (χ1n) is 10.1. The van der Waals surface area contributed by atoms with E-state index in [1.807, 2.05) is 6.92 Å². The molecule has 3 aromatic rings. The van der Waals surface area contributed by atoms with Gasteiger partial charge in [0.2, 0.25) is 5.91 Å². The standard InChI is InChI=1S/C22H24N4O5S2/c1-4-31-21(28)17-7-5-6-8-18(17)23-20(27)13-32-22-25-24-19(26(22)3)14-33(29,30)16-11-9-15(2)10-12-16/h5-12H,4,13-14H2,1-3H3,(H,23,27). The minimum absolute atomic E-state index is 0.00611. The number of esters is 1. The van der Waals surface area contributed by atoms with Crippen molar-refractivity contribution in [1.29, 1.82) is 0 Å². The molecule has 11 heteroatoms. The second-order valence-electron chi connectivity index (χ2n) is 7.13. The number of hydrogen-bond acceptors (Lipinski definition) is 8. The lowest BCUT2D eigenvalue weighted by atomic mass is 10.2. The van der Waals surface area contributed by atoms with Crippen LogP contribution in [0.1, 0.15) is 28.7 Å². The predicted octanol–water partition coefficient (Wildman–Crippen LogP) is 3.00. The molecular weight excluding hydrogens is 464 g/mol. The van der Waals surface area contributed by atoms with Gasteiger partial charge < -0.3 is 14.6 Å². The Bertz CT molecular complexity index is 1250. The summed E-state index contributed by atoms with van der Waals surface area (Å²) in [5.41, 5.74) is 1.58. The number of para-hydroxylation sites is 1. The monoisotopic (exact) mass is 488 g/mol. The largest absolute Gasteiger partial charge is 0.462 e. The van der Waals surface area contributed by atoms with E-state index in [2.05, 4.69) is 15.5 Å². The predicted molar refractivity (Wildman–Crippen MR) is 125 cm³/mol. The molecule has 0 unspecified atom stereocenters. The van der Waals surface area contributed by atoms with E-state index >= 15 is 0 Å². The van der Waals surface area contributed by atoms with Crippen molar-refractivity contribution in [3.63, 3.8) is 0 Å². The summed E-state index contributed by atoms with van der Waals surface area (Å²) in [6.45, 7) is 3.82. The van der Waals surface area contributed by atoms with Gasteiger partial charge in [-0.05, 0) is 38.1 Å². The number of benzene rings is 2. The molecule has 3 rings (SSSR count). The van der Waals surface area contributed by atoms with Gasteiger partial charge in [0.1, 0.15) is 11.6 Å². The minimum Gasteiger partial charge on any atom is -0.462 e. The molecule has 0 aliphatic carbocycles. The van der Waals surface area contributed by atoms with E-state index in [0.717, 1.165) is 17.3 Å². The normalized spacial score (nSPS) is 11.2. The number of nitrogens with one attached hydrogen (secondary N) is 1. The van der Waals surface area contributed by atoms with Gasteiger partial charge in [-0.2, -0.15) is 0 Å². The molecule has 1 aromatic heterocycles. The lowest BCUT2D eigenvalue weighted by Crippen LogP contribution is -2.17. The van der Waals surface area contributed by atoms with Crippen molar-refractivity contribution in [2.75, 3.05) is 17.7 Å². The first kappa shape index (κ1) is 24.5. The first-order chi connectivity index (χ1) is 15.7. The van der Waals surface area contributed by atoms with Crippen LogP contribution in [0.25, 0.3) is 0 Å². The Hall–Kier alpha value is -3.18. The molecule has 1 amide bonds. The fourth-order valence-electron chi connectivity index (χ4n) is 2.89. The number of amides is 1. The molecule has 0 fully saturated rings. The number of carbonyl (C=O) groups excluding carboxylic acids is 2. The lowest BCUT2D eigenvalue weighted by molar-refractivity contribution is -0.113. The fourth-order valence-corrected chi connectivity index (χ4v) is 4.93. The molecule has 9 nitrogen and oxygen atoms in total. The van der Waals surface area contributed by atoms with E-state index in [1.165, 1.54) is 0 Å². The van der Waals surface area contributed by atoms with Gasteiger partial charge in [0.15, 0.2) is 15.0 Å². The van der Waals surface area contributed by atoms with Crippen LogP contribution in [-0.2, 0) is 32.2 Å². The summed E-state index contributed by atoms with van der Waals surface area (Å²) in [4.78, 5) is 24.7. The number of aryl methyl sites for hydroxylation is 1. The van der Waals surface area contributed by atoms with Crippen LogP contribution in [0.15, 0.2) is 58.6 Å². The van der Waals surface area contributed by atoms with Crippen LogP contribution in [0.5, 0.6) is 0 Å². The smallest absolute Gasteiger partial charge is 0.340 e. The van der Waals surface area contributed by atoms with Crippen molar-refractivity contribution in [2.24, 2.45) is 7.05 Å². The zero-order chi connectivity index (χ0) is 24.0. The van der Waals surface area contributed by atoms with Crippen molar-refractivity contribution in [3.05, 3.63) is 65.5 Å². The maximum atomic E-state index is 12.7. The van der Waals surface area contributed by atoms with Crippen LogP contribution >= 0.6 is 11.8 Å². The van der Waals surface area contributed by atoms with Crippen LogP contribution in [0.3, 0.4) is 0 Å². The van der Waals surface area contributed by atoms with Crippen molar-refractivity contribution < 1.29 is 22.7 Å². The lowest BCUT2D eigenvalue weighted by Gasteiger charge is -2.10. The van der Waals surface area contributed by atoms with Crippen LogP contribution < -0.4 is 5.32 Å². The number of hydrogen-bond donors (Lipinski definition) is 1. The minimum atomic E-state index is -3.58. The number of aromatic nitrogens is 3. The highest BCUT2D eigenvalue weighted by Gasteiger charge is 2.21. The molecule has 0 aliphatic rings. The summed E-state index contributed by atoms with van der Waals surface area (Å²) in [5.74, 6) is -0.916. The Labute approximate surface area is 196 Å². The molecule has 0 radical (unpaired) electrons. The zero-order valence-electron chi connectivity index (χ0n) is 18.4. The van der Waals surface area contributed by atoms with E-state index < -0.39 is 15.8 Å². The summed E-state index contributed by atoms with van der Waals surface area (Å²) in [6.07, 6.45) is 0. The van der Waals surface area contributed by atoms with E-state index in [1.54, 1.807) is 67.1 Å². The molecule has 0 saturated carbocycles. The Morgan fingerprint density at radius 3 is 2.48 bits per heavy atom. The van der Waals surface area contributed by atoms with E-state index in [4.69, 9.17) is 4.74 Å². The Morgan fingerprint density at radius 2 is 1.79 bits per heavy atom. The highest BCUT2D eigenvalue weighted by molar-refractivity contribution is 7.99. The average molecular weight is 489 g/mol. The number of rotatable bonds is 9. The maximum Gasteiger partial charge on any atom is 0.340 e. The summed E-state index contributed by atoms with van der Waals surface area (Å²) < 4.78 is 31.9. The topological polar surface area (TPSA) is 120 Å². The van der Waals surface area contributed by atoms with Gasteiger partial charge in [0.05, 0.1) is 28.5 Å². The van der Waals surface area contributed by atoms with E-state index in [0.29, 0.717) is 10.8 Å². The van der Waals surface area contributed by atoms with Gasteiger partial charge in [-0.3, -0.25) is 4.79 Å². The fraction of sp³-hybridized carbons (Fsp3) is 0.273. The first-order valence-corrected chi connectivity index (χ1v) is 12.7. The molecule has 0 atom stereocenters. The molecule has 0 spiro atoms. The average Bonchev–Trinajstić information content (AvgIpc) is 3.11. The van der Waals surface area contributed by atoms with Crippen molar-refractivity contribution in [2.45, 2.75) is 29.7 Å². The zero-order valence-corrected chi connectivity index (χ0v) is 20.1. The van der Waals surface area contributed by atoms with Gasteiger partial charge >= 0.3 is 5.97 Å². The summed E-state index contributed by atoms with van der Waals surface area (Å²) in [5, 5.41) is 11.1. The van der Waals surface area contributed by atoms with E-state index in [-0.39, 0.29) is 40.3 Å². The third-order valence-corrected chi connectivity index (χ3v) is 7.30. The van der Waals surface area contributed by atoms with E-state index in [9.17, 15) is 18.0 Å². The molecule has 33 heavy (non-hydrogen) atoms. The summed E-state index contributed by atoms with van der Waals surface area (Å²) in [6, 6.07) is 13.2. The molecule has 0 bridgehead atoms. The van der Waals surface area contributed by atoms with Crippen molar-refractivity contribution in [1.82, 2.24) is 14.8 Å². The second kappa shape index (κ2) is 10.6. The molecular formula is C22H24N4O5S2. The maximum absolute atomic E-state index is 12.7. The third-order valence-electron chi connectivity index (χ3n) is 4.65. The number of thioether (sulfide) groups is 1. The SMILES string of the molecule is CCOC(=O)c1ccccc1NC(=O)CSc1nnc(CS(=O)(=O)c2ccc(C)cc2)n1C. The second-order valence-corrected chi connectivity index (χ2v) is 10.1. The molecule has 174 valence electrons. The molecule has 2 aromatic carbocycles. The Balaban J connectivity index is 1.64. The van der Waals surface area contributed by atoms with Crippen molar-refractivity contribution >= 4 is 39.2 Å². The number of ether oxygens (including phenoxy) is 1. The molecule has 0 saturated heterocycles. The number of nitrogens with zero attached hydrogens (tertiary/aromatic N) is 3. The highest BCUT2D eigenvalue weighted by atomic mass is 32.2. The molecule has 1 N–H and O–H groups in total. The van der Waals surface area contributed by atoms with Gasteiger partial charge in [-0.15, -0.1) is 10.2 Å². The molecule has 1 heterocycles. The summed E-state index contributed by atoms with van der Waals surface area (Å²) >= 11 is 1.11. The number of carbonyl (C=O) groups is 2. The highest BCUT2D eigenvalue weighted by Crippen LogP contribution is 2.21. The number of sulfone groups is 1. The van der Waals surface area contributed by atoms with Crippen LogP contribution in [-0.4, -0.2) is 47.4 Å². The van der Waals surface area contributed by atoms with Gasteiger partial charge in [0.25, 0.3) is 0 Å². The quantitative estimate of drug-likeness (QED) is 0.360. The van der Waals surface area contributed by atoms with Gasteiger partial charge in [-0.25, -0.2) is 13.2 Å². The van der Waals surface area contributed by atoms with Crippen LogP contribution in [0.4, 0.5) is 5.69 Å². The Morgan fingerprint density at radius 1 is 1.09 bits per heavy atom. The van der Waals surface area contributed by atoms with Gasteiger partial charge in [0, 0.05) is 7.05 Å². The van der Waals surface area contributed by atoms with Gasteiger partial charge in [-0.1, -0.05) is 41.6 Å². The third kappa shape index (κ3) is 6.20. The number of anilines is 1.